The van der Waals surface area contributed by atoms with Crippen LogP contribution >= 0.6 is 0 Å². The van der Waals surface area contributed by atoms with Crippen LogP contribution in [-0.2, 0) is 21.3 Å². The zero-order valence-corrected chi connectivity index (χ0v) is 25.1. The van der Waals surface area contributed by atoms with Gasteiger partial charge >= 0.3 is 12.1 Å². The van der Waals surface area contributed by atoms with E-state index >= 15 is 0 Å². The van der Waals surface area contributed by atoms with Crippen LogP contribution < -0.4 is 14.9 Å². The highest BCUT2D eigenvalue weighted by Crippen LogP contribution is 2.27. The summed E-state index contributed by atoms with van der Waals surface area (Å²) in [5, 5.41) is 12.1. The van der Waals surface area contributed by atoms with E-state index in [0.29, 0.717) is 36.4 Å². The number of carboxylic acids is 1. The summed E-state index contributed by atoms with van der Waals surface area (Å²) < 4.78 is 34.8. The van der Waals surface area contributed by atoms with Crippen molar-refractivity contribution in [1.82, 2.24) is 5.32 Å². The van der Waals surface area contributed by atoms with Crippen molar-refractivity contribution >= 4 is 33.5 Å². The van der Waals surface area contributed by atoms with E-state index in [1.807, 2.05) is 41.3 Å². The summed E-state index contributed by atoms with van der Waals surface area (Å²) >= 11 is 0. The number of benzene rings is 4. The van der Waals surface area contributed by atoms with Crippen molar-refractivity contribution in [1.29, 1.82) is 0 Å². The van der Waals surface area contributed by atoms with Crippen LogP contribution in [0.4, 0.5) is 16.2 Å². The SMILES string of the molecule is CC(C)(C)OC(=O)NCCN(Cc1ccccc1)c1cccc(NS(=O)(=O)c2cccc(-c3cccc(C(=O)O)c3)c2)c1. The lowest BCUT2D eigenvalue weighted by Crippen LogP contribution is -2.38. The highest BCUT2D eigenvalue weighted by molar-refractivity contribution is 7.92. The van der Waals surface area contributed by atoms with Gasteiger partial charge in [-0.25, -0.2) is 18.0 Å². The monoisotopic (exact) mass is 601 g/mol. The molecule has 4 aromatic carbocycles. The molecule has 3 N–H and O–H groups in total. The number of rotatable bonds is 11. The average Bonchev–Trinajstić information content (AvgIpc) is 2.96. The predicted molar refractivity (Wildman–Crippen MR) is 168 cm³/mol. The average molecular weight is 602 g/mol. The van der Waals surface area contributed by atoms with Gasteiger partial charge in [0.15, 0.2) is 0 Å². The van der Waals surface area contributed by atoms with Crippen LogP contribution in [0.3, 0.4) is 0 Å². The summed E-state index contributed by atoms with van der Waals surface area (Å²) in [5.74, 6) is -1.06. The Balaban J connectivity index is 1.54. The van der Waals surface area contributed by atoms with Gasteiger partial charge in [-0.3, -0.25) is 4.72 Å². The minimum absolute atomic E-state index is 0.0406. The maximum atomic E-state index is 13.4. The number of carbonyl (C=O) groups is 2. The summed E-state index contributed by atoms with van der Waals surface area (Å²) in [5.41, 5.74) is 2.85. The van der Waals surface area contributed by atoms with Crippen LogP contribution in [0.5, 0.6) is 0 Å². The van der Waals surface area contributed by atoms with Gasteiger partial charge < -0.3 is 20.1 Å². The molecule has 0 heterocycles. The fourth-order valence-electron chi connectivity index (χ4n) is 4.37. The molecule has 0 atom stereocenters. The first-order valence-corrected chi connectivity index (χ1v) is 15.2. The first kappa shape index (κ1) is 31.1. The maximum absolute atomic E-state index is 13.4. The molecule has 0 spiro atoms. The van der Waals surface area contributed by atoms with E-state index in [9.17, 15) is 23.1 Å². The van der Waals surface area contributed by atoms with Crippen LogP contribution in [0.1, 0.15) is 36.7 Å². The predicted octanol–water partition coefficient (Wildman–Crippen LogP) is 6.38. The number of nitrogens with zero attached hydrogens (tertiary/aromatic N) is 1. The van der Waals surface area contributed by atoms with E-state index < -0.39 is 27.7 Å². The summed E-state index contributed by atoms with van der Waals surface area (Å²) in [6.45, 7) is 6.69. The van der Waals surface area contributed by atoms with Gasteiger partial charge in [0.05, 0.1) is 16.1 Å². The van der Waals surface area contributed by atoms with Gasteiger partial charge in [-0.1, -0.05) is 60.7 Å². The van der Waals surface area contributed by atoms with Crippen molar-refractivity contribution in [2.45, 2.75) is 37.8 Å². The topological polar surface area (TPSA) is 125 Å². The molecular formula is C33H35N3O6S. The third-order valence-corrected chi connectivity index (χ3v) is 7.70. The molecule has 224 valence electrons. The van der Waals surface area contributed by atoms with Crippen LogP contribution in [0.25, 0.3) is 11.1 Å². The molecule has 9 nitrogen and oxygen atoms in total. The minimum atomic E-state index is -3.98. The van der Waals surface area contributed by atoms with E-state index in [-0.39, 0.29) is 10.5 Å². The van der Waals surface area contributed by atoms with Gasteiger partial charge in [-0.05, 0) is 79.9 Å². The van der Waals surface area contributed by atoms with Gasteiger partial charge in [0.25, 0.3) is 10.0 Å². The van der Waals surface area contributed by atoms with Gasteiger partial charge in [0.1, 0.15) is 5.60 Å². The highest BCUT2D eigenvalue weighted by Gasteiger charge is 2.18. The number of alkyl carbamates (subject to hydrolysis) is 1. The molecule has 0 fully saturated rings. The Kier molecular flexibility index (Phi) is 9.72. The molecular weight excluding hydrogens is 566 g/mol. The number of amides is 1. The number of hydrogen-bond acceptors (Lipinski definition) is 6. The van der Waals surface area contributed by atoms with Crippen LogP contribution in [-0.4, -0.2) is 44.3 Å². The van der Waals surface area contributed by atoms with Crippen molar-refractivity contribution in [3.63, 3.8) is 0 Å². The lowest BCUT2D eigenvalue weighted by atomic mass is 10.0. The zero-order chi connectivity index (χ0) is 31.0. The van der Waals surface area contributed by atoms with Crippen LogP contribution in [0, 0.1) is 0 Å². The molecule has 4 aromatic rings. The first-order chi connectivity index (χ1) is 20.4. The van der Waals surface area contributed by atoms with Crippen LogP contribution in [0.2, 0.25) is 0 Å². The second-order valence-corrected chi connectivity index (χ2v) is 12.6. The maximum Gasteiger partial charge on any atom is 0.407 e. The fraction of sp³-hybridized carbons (Fsp3) is 0.212. The zero-order valence-electron chi connectivity index (χ0n) is 24.3. The van der Waals surface area contributed by atoms with Gasteiger partial charge in [-0.2, -0.15) is 0 Å². The van der Waals surface area contributed by atoms with Gasteiger partial charge in [0, 0.05) is 25.3 Å². The number of ether oxygens (including phenoxy) is 1. The Hall–Kier alpha value is -4.83. The van der Waals surface area contributed by atoms with E-state index in [0.717, 1.165) is 11.3 Å². The number of nitrogens with one attached hydrogen (secondary N) is 2. The molecule has 1 amide bonds. The molecule has 0 unspecified atom stereocenters. The van der Waals surface area contributed by atoms with Crippen molar-refractivity contribution in [3.8, 4) is 11.1 Å². The quantitative estimate of drug-likeness (QED) is 0.182. The molecule has 10 heteroatoms. The lowest BCUT2D eigenvalue weighted by molar-refractivity contribution is 0.0528. The fourth-order valence-corrected chi connectivity index (χ4v) is 5.46. The van der Waals surface area contributed by atoms with E-state index in [4.69, 9.17) is 4.74 Å². The van der Waals surface area contributed by atoms with Gasteiger partial charge in [-0.15, -0.1) is 0 Å². The van der Waals surface area contributed by atoms with E-state index in [1.165, 1.54) is 24.3 Å². The van der Waals surface area contributed by atoms with Crippen molar-refractivity contribution in [2.75, 3.05) is 22.7 Å². The van der Waals surface area contributed by atoms with Gasteiger partial charge in [0.2, 0.25) is 0 Å². The third kappa shape index (κ3) is 9.08. The Bertz CT molecular complexity index is 1680. The standard InChI is InChI=1S/C33H35N3O6S/c1-33(2,3)42-32(39)34-18-19-36(23-24-10-5-4-6-11-24)29-16-9-15-28(22-29)35-43(40,41)30-17-8-13-26(21-30)25-12-7-14-27(20-25)31(37)38/h4-17,20-22,35H,18-19,23H2,1-3H3,(H,34,39)(H,37,38). The molecule has 0 aromatic heterocycles. The molecule has 0 saturated heterocycles. The largest absolute Gasteiger partial charge is 0.478 e. The smallest absolute Gasteiger partial charge is 0.407 e. The molecule has 0 aliphatic rings. The second kappa shape index (κ2) is 13.4. The van der Waals surface area contributed by atoms with Crippen molar-refractivity contribution in [3.05, 3.63) is 114 Å². The second-order valence-electron chi connectivity index (χ2n) is 10.9. The van der Waals surface area contributed by atoms with Crippen LogP contribution in [0.15, 0.2) is 108 Å². The number of sulfonamides is 1. The summed E-state index contributed by atoms with van der Waals surface area (Å²) in [7, 11) is -3.98. The van der Waals surface area contributed by atoms with E-state index in [1.54, 1.807) is 63.2 Å². The number of carboxylic acid groups (broad SMARTS) is 1. The van der Waals surface area contributed by atoms with Crippen molar-refractivity contribution in [2.24, 2.45) is 0 Å². The normalized spacial score (nSPS) is 11.4. The Morgan fingerprint density at radius 3 is 2.21 bits per heavy atom. The number of anilines is 2. The minimum Gasteiger partial charge on any atom is -0.478 e. The summed E-state index contributed by atoms with van der Waals surface area (Å²) in [6, 6.07) is 29.6. The Labute approximate surface area is 252 Å². The number of hydrogen-bond donors (Lipinski definition) is 3. The third-order valence-electron chi connectivity index (χ3n) is 6.32. The molecule has 4 rings (SSSR count). The first-order valence-electron chi connectivity index (χ1n) is 13.7. The number of carbonyl (C=O) groups excluding carboxylic acids is 1. The Morgan fingerprint density at radius 2 is 1.51 bits per heavy atom. The summed E-state index contributed by atoms with van der Waals surface area (Å²) in [6.07, 6.45) is -0.509. The molecule has 0 saturated carbocycles. The molecule has 0 radical (unpaired) electrons. The molecule has 0 aliphatic carbocycles. The summed E-state index contributed by atoms with van der Waals surface area (Å²) in [4.78, 5) is 25.7. The molecule has 43 heavy (non-hydrogen) atoms. The lowest BCUT2D eigenvalue weighted by Gasteiger charge is -2.26. The molecule has 0 aliphatic heterocycles. The van der Waals surface area contributed by atoms with E-state index in [2.05, 4.69) is 10.0 Å². The number of aromatic carboxylic acids is 1. The highest BCUT2D eigenvalue weighted by atomic mass is 32.2. The molecule has 0 bridgehead atoms. The van der Waals surface area contributed by atoms with Crippen molar-refractivity contribution < 1.29 is 27.9 Å². The Morgan fingerprint density at radius 1 is 0.837 bits per heavy atom.